The molecule has 8 nitrogen and oxygen atoms in total. The number of hydrogen-bond donors (Lipinski definition) is 2. The van der Waals surface area contributed by atoms with Crippen molar-refractivity contribution in [3.05, 3.63) is 23.2 Å². The smallest absolute Gasteiger partial charge is 0.410 e. The lowest BCUT2D eigenvalue weighted by Gasteiger charge is -2.41. The Hall–Kier alpha value is -2.48. The molecule has 4 rings (SSSR count). The first-order chi connectivity index (χ1) is 16.6. The van der Waals surface area contributed by atoms with Gasteiger partial charge in [0.25, 0.3) is 0 Å². The molecule has 1 atom stereocenters. The highest BCUT2D eigenvalue weighted by atomic mass is 35.5. The van der Waals surface area contributed by atoms with Gasteiger partial charge in [-0.2, -0.15) is 0 Å². The third-order valence-electron chi connectivity index (χ3n) is 7.27. The van der Waals surface area contributed by atoms with E-state index in [0.717, 1.165) is 63.2 Å². The van der Waals surface area contributed by atoms with Crippen LogP contribution in [-0.4, -0.2) is 60.6 Å². The van der Waals surface area contributed by atoms with Crippen molar-refractivity contribution in [1.29, 1.82) is 0 Å². The molecule has 1 unspecified atom stereocenters. The summed E-state index contributed by atoms with van der Waals surface area (Å²) in [5.74, 6) is 0.796. The van der Waals surface area contributed by atoms with Gasteiger partial charge in [0.05, 0.1) is 10.7 Å². The summed E-state index contributed by atoms with van der Waals surface area (Å²) >= 11 is 6.63. The first kappa shape index (κ1) is 25.6. The third-order valence-corrected chi connectivity index (χ3v) is 7.57. The molecule has 9 heteroatoms. The summed E-state index contributed by atoms with van der Waals surface area (Å²) < 4.78 is 5.52. The Labute approximate surface area is 212 Å². The summed E-state index contributed by atoms with van der Waals surface area (Å²) in [6, 6.07) is 5.39. The lowest BCUT2D eigenvalue weighted by molar-refractivity contribution is -0.133. The Bertz CT molecular complexity index is 947. The van der Waals surface area contributed by atoms with Gasteiger partial charge in [0.15, 0.2) is 0 Å². The molecule has 2 N–H and O–H groups in total. The monoisotopic (exact) mass is 504 g/mol. The zero-order valence-corrected chi connectivity index (χ0v) is 21.7. The minimum Gasteiger partial charge on any atom is -0.444 e. The number of benzene rings is 1. The Morgan fingerprint density at radius 2 is 1.66 bits per heavy atom. The van der Waals surface area contributed by atoms with Crippen molar-refractivity contribution in [2.24, 2.45) is 11.8 Å². The molecule has 192 valence electrons. The number of amides is 3. The van der Waals surface area contributed by atoms with Crippen LogP contribution < -0.4 is 15.5 Å². The number of nitrogens with one attached hydrogen (secondary N) is 2. The Kier molecular flexibility index (Phi) is 7.79. The van der Waals surface area contributed by atoms with Gasteiger partial charge in [0.1, 0.15) is 11.6 Å². The zero-order valence-electron chi connectivity index (χ0n) is 20.9. The highest BCUT2D eigenvalue weighted by molar-refractivity contribution is 6.33. The van der Waals surface area contributed by atoms with Gasteiger partial charge in [-0.3, -0.25) is 14.9 Å². The number of anilines is 2. The van der Waals surface area contributed by atoms with E-state index in [1.165, 1.54) is 0 Å². The van der Waals surface area contributed by atoms with Crippen LogP contribution in [0.4, 0.5) is 16.2 Å². The number of piperidine rings is 3. The molecule has 3 aliphatic heterocycles. The van der Waals surface area contributed by atoms with Gasteiger partial charge in [0, 0.05) is 38.3 Å². The minimum absolute atomic E-state index is 0.198. The van der Waals surface area contributed by atoms with Crippen LogP contribution in [-0.2, 0) is 14.3 Å². The fourth-order valence-corrected chi connectivity index (χ4v) is 5.68. The fourth-order valence-electron chi connectivity index (χ4n) is 5.38. The Morgan fingerprint density at radius 1 is 1.03 bits per heavy atom. The number of hydrogen-bond acceptors (Lipinski definition) is 6. The summed E-state index contributed by atoms with van der Waals surface area (Å²) in [4.78, 5) is 39.9. The van der Waals surface area contributed by atoms with Crippen LogP contribution in [0, 0.1) is 11.8 Å². The molecule has 3 fully saturated rings. The number of likely N-dealkylation sites (tertiary alicyclic amines) is 1. The predicted molar refractivity (Wildman–Crippen MR) is 137 cm³/mol. The maximum absolute atomic E-state index is 12.3. The molecule has 0 saturated carbocycles. The topological polar surface area (TPSA) is 91.0 Å². The average molecular weight is 505 g/mol. The number of ether oxygens (including phenoxy) is 1. The number of nitrogens with zero attached hydrogens (tertiary/aromatic N) is 2. The second-order valence-corrected chi connectivity index (χ2v) is 11.4. The van der Waals surface area contributed by atoms with E-state index in [1.54, 1.807) is 0 Å². The van der Waals surface area contributed by atoms with Crippen LogP contribution in [0.5, 0.6) is 0 Å². The third kappa shape index (κ3) is 6.60. The van der Waals surface area contributed by atoms with Crippen molar-refractivity contribution in [3.8, 4) is 0 Å². The quantitative estimate of drug-likeness (QED) is 0.590. The lowest BCUT2D eigenvalue weighted by Crippen LogP contribution is -2.47. The average Bonchev–Trinajstić information content (AvgIpc) is 2.80. The second-order valence-electron chi connectivity index (χ2n) is 10.9. The van der Waals surface area contributed by atoms with E-state index < -0.39 is 11.6 Å². The van der Waals surface area contributed by atoms with E-state index in [2.05, 4.69) is 15.5 Å². The van der Waals surface area contributed by atoms with E-state index in [-0.39, 0.29) is 17.9 Å². The molecule has 35 heavy (non-hydrogen) atoms. The lowest BCUT2D eigenvalue weighted by atomic mass is 9.79. The van der Waals surface area contributed by atoms with Gasteiger partial charge in [-0.05, 0) is 82.9 Å². The van der Waals surface area contributed by atoms with Gasteiger partial charge in [0.2, 0.25) is 11.8 Å². The first-order valence-corrected chi connectivity index (χ1v) is 13.1. The summed E-state index contributed by atoms with van der Waals surface area (Å²) in [6.45, 7) is 9.16. The van der Waals surface area contributed by atoms with Crippen LogP contribution in [0.15, 0.2) is 18.2 Å². The number of imide groups is 1. The zero-order chi connectivity index (χ0) is 25.2. The Morgan fingerprint density at radius 3 is 2.23 bits per heavy atom. The van der Waals surface area contributed by atoms with E-state index in [9.17, 15) is 14.4 Å². The van der Waals surface area contributed by atoms with Crippen LogP contribution in [0.3, 0.4) is 0 Å². The van der Waals surface area contributed by atoms with Crippen molar-refractivity contribution in [3.63, 3.8) is 0 Å². The molecule has 3 aliphatic rings. The SMILES string of the molecule is CC(C)(C)OC(=O)N1CCC(C2CCN(c3ccc(NC4CCC(=O)NC4=O)cc3Cl)CC2)CC1. The van der Waals surface area contributed by atoms with E-state index in [4.69, 9.17) is 16.3 Å². The van der Waals surface area contributed by atoms with Crippen molar-refractivity contribution in [2.75, 3.05) is 36.4 Å². The van der Waals surface area contributed by atoms with Gasteiger partial charge < -0.3 is 19.9 Å². The summed E-state index contributed by atoms with van der Waals surface area (Å²) in [7, 11) is 0. The molecular weight excluding hydrogens is 468 g/mol. The molecule has 0 bridgehead atoms. The maximum atomic E-state index is 12.3. The summed E-state index contributed by atoms with van der Waals surface area (Å²) in [5, 5.41) is 6.22. The van der Waals surface area contributed by atoms with Crippen molar-refractivity contribution in [1.82, 2.24) is 10.2 Å². The Balaban J connectivity index is 1.25. The molecule has 1 aromatic rings. The number of rotatable bonds is 4. The minimum atomic E-state index is -0.457. The van der Waals surface area contributed by atoms with Gasteiger partial charge in [-0.25, -0.2) is 4.79 Å². The van der Waals surface area contributed by atoms with E-state index >= 15 is 0 Å². The second kappa shape index (κ2) is 10.6. The highest BCUT2D eigenvalue weighted by Gasteiger charge is 2.33. The largest absolute Gasteiger partial charge is 0.444 e. The molecule has 1 aromatic carbocycles. The molecule has 0 radical (unpaired) electrons. The number of carbonyl (C=O) groups excluding carboxylic acids is 3. The highest BCUT2D eigenvalue weighted by Crippen LogP contribution is 2.37. The van der Waals surface area contributed by atoms with E-state index in [1.807, 2.05) is 43.9 Å². The van der Waals surface area contributed by atoms with Gasteiger partial charge in [-0.15, -0.1) is 0 Å². The normalized spacial score (nSPS) is 22.7. The van der Waals surface area contributed by atoms with Crippen molar-refractivity contribution < 1.29 is 19.1 Å². The molecule has 3 saturated heterocycles. The van der Waals surface area contributed by atoms with Crippen molar-refractivity contribution >= 4 is 40.9 Å². The van der Waals surface area contributed by atoms with Crippen LogP contribution in [0.2, 0.25) is 5.02 Å². The first-order valence-electron chi connectivity index (χ1n) is 12.7. The number of carbonyl (C=O) groups is 3. The molecule has 0 aromatic heterocycles. The predicted octanol–water partition coefficient (Wildman–Crippen LogP) is 4.42. The molecule has 3 amide bonds. The standard InChI is InChI=1S/C26H37ClN4O4/c1-26(2,3)35-25(34)31-14-10-18(11-15-31)17-8-12-30(13-9-17)22-6-4-19(16-20(22)27)28-21-5-7-23(32)29-24(21)33/h4,6,16-18,21,28H,5,7-15H2,1-3H3,(H,29,32,33). The molecular formula is C26H37ClN4O4. The van der Waals surface area contributed by atoms with Crippen molar-refractivity contribution in [2.45, 2.75) is 70.9 Å². The number of halogens is 1. The maximum Gasteiger partial charge on any atom is 0.410 e. The molecule has 3 heterocycles. The summed E-state index contributed by atoms with van der Waals surface area (Å²) in [5.41, 5.74) is 1.33. The van der Waals surface area contributed by atoms with Crippen LogP contribution in [0.25, 0.3) is 0 Å². The molecule has 0 spiro atoms. The van der Waals surface area contributed by atoms with Crippen LogP contribution in [0.1, 0.15) is 59.3 Å². The van der Waals surface area contributed by atoms with Gasteiger partial charge >= 0.3 is 6.09 Å². The van der Waals surface area contributed by atoms with Gasteiger partial charge in [-0.1, -0.05) is 11.6 Å². The van der Waals surface area contributed by atoms with Crippen LogP contribution >= 0.6 is 11.6 Å². The summed E-state index contributed by atoms with van der Waals surface area (Å²) in [6.07, 6.45) is 4.92. The van der Waals surface area contributed by atoms with E-state index in [0.29, 0.717) is 29.7 Å². The molecule has 0 aliphatic carbocycles. The fraction of sp³-hybridized carbons (Fsp3) is 0.654.